The number of rotatable bonds is 6. The lowest BCUT2D eigenvalue weighted by Gasteiger charge is -2.29. The molecule has 1 aliphatic heterocycles. The number of nitrogens with one attached hydrogen (secondary N) is 1. The summed E-state index contributed by atoms with van der Waals surface area (Å²) in [6, 6.07) is 3.93. The van der Waals surface area contributed by atoms with E-state index in [9.17, 15) is 4.79 Å². The van der Waals surface area contributed by atoms with E-state index in [1.54, 1.807) is 25.3 Å². The van der Waals surface area contributed by atoms with Gasteiger partial charge in [-0.05, 0) is 35.6 Å². The van der Waals surface area contributed by atoms with Gasteiger partial charge in [-0.15, -0.1) is 0 Å². The van der Waals surface area contributed by atoms with Gasteiger partial charge in [-0.2, -0.15) is 0 Å². The fourth-order valence-corrected chi connectivity index (χ4v) is 3.06. The summed E-state index contributed by atoms with van der Waals surface area (Å²) in [5.41, 5.74) is 2.60. The van der Waals surface area contributed by atoms with Crippen LogP contribution in [0.15, 0.2) is 24.5 Å². The van der Waals surface area contributed by atoms with Crippen molar-refractivity contribution in [1.29, 1.82) is 0 Å². The van der Waals surface area contributed by atoms with Crippen LogP contribution in [0.1, 0.15) is 35.5 Å². The first-order valence-electron chi connectivity index (χ1n) is 9.10. The Hall–Kier alpha value is -2.83. The molecule has 1 N–H and O–H groups in total. The fraction of sp³-hybridized carbons (Fsp3) is 0.450. The predicted octanol–water partition coefficient (Wildman–Crippen LogP) is 2.76. The van der Waals surface area contributed by atoms with E-state index in [1.807, 2.05) is 12.1 Å². The van der Waals surface area contributed by atoms with Gasteiger partial charge >= 0.3 is 0 Å². The summed E-state index contributed by atoms with van der Waals surface area (Å²) in [4.78, 5) is 23.2. The maximum atomic E-state index is 12.8. The zero-order valence-corrected chi connectivity index (χ0v) is 16.3. The van der Waals surface area contributed by atoms with Gasteiger partial charge in [0.25, 0.3) is 5.91 Å². The molecule has 3 rings (SSSR count). The number of fused-ring (bicyclic) bond motifs is 1. The Morgan fingerprint density at radius 1 is 1.15 bits per heavy atom. The van der Waals surface area contributed by atoms with Gasteiger partial charge in [0.05, 0.1) is 26.6 Å². The molecule has 0 unspecified atom stereocenters. The average Bonchev–Trinajstić information content (AvgIpc) is 2.70. The number of methoxy groups -OCH3 is 2. The van der Waals surface area contributed by atoms with Crippen LogP contribution in [0.3, 0.4) is 0 Å². The average molecular weight is 370 g/mol. The van der Waals surface area contributed by atoms with Gasteiger partial charge in [-0.3, -0.25) is 4.79 Å². The smallest absolute Gasteiger partial charge is 0.274 e. The minimum absolute atomic E-state index is 0.113. The lowest BCUT2D eigenvalue weighted by molar-refractivity contribution is 0.0728. The van der Waals surface area contributed by atoms with Gasteiger partial charge in [0.2, 0.25) is 0 Å². The summed E-state index contributed by atoms with van der Waals surface area (Å²) in [6.07, 6.45) is 3.92. The van der Waals surface area contributed by atoms with Gasteiger partial charge < -0.3 is 19.7 Å². The molecule has 0 radical (unpaired) electrons. The minimum atomic E-state index is -0.113. The van der Waals surface area contributed by atoms with Gasteiger partial charge in [-0.25, -0.2) is 9.97 Å². The summed E-state index contributed by atoms with van der Waals surface area (Å²) in [5.74, 6) is 2.47. The zero-order chi connectivity index (χ0) is 19.4. The van der Waals surface area contributed by atoms with Crippen LogP contribution in [0.4, 0.5) is 5.82 Å². The van der Waals surface area contributed by atoms with Crippen LogP contribution in [-0.2, 0) is 13.0 Å². The van der Waals surface area contributed by atoms with Crippen LogP contribution in [0.25, 0.3) is 0 Å². The zero-order valence-electron chi connectivity index (χ0n) is 16.3. The highest BCUT2D eigenvalue weighted by atomic mass is 16.5. The van der Waals surface area contributed by atoms with E-state index in [0.29, 0.717) is 42.0 Å². The van der Waals surface area contributed by atoms with E-state index < -0.39 is 0 Å². The maximum Gasteiger partial charge on any atom is 0.274 e. The first-order valence-corrected chi connectivity index (χ1v) is 9.10. The van der Waals surface area contributed by atoms with E-state index in [1.165, 1.54) is 11.8 Å². The lowest BCUT2D eigenvalue weighted by Crippen LogP contribution is -2.36. The topological polar surface area (TPSA) is 76.6 Å². The molecule has 1 aromatic carbocycles. The van der Waals surface area contributed by atoms with Gasteiger partial charge in [0, 0.05) is 19.6 Å². The number of amides is 1. The second kappa shape index (κ2) is 8.24. The molecule has 1 amide bonds. The minimum Gasteiger partial charge on any atom is -0.493 e. The molecule has 0 saturated heterocycles. The third-order valence-electron chi connectivity index (χ3n) is 4.57. The molecule has 2 aromatic rings. The van der Waals surface area contributed by atoms with Crippen molar-refractivity contribution in [3.8, 4) is 11.5 Å². The number of ether oxygens (including phenoxy) is 2. The van der Waals surface area contributed by atoms with Gasteiger partial charge in [-0.1, -0.05) is 13.8 Å². The largest absolute Gasteiger partial charge is 0.493 e. The normalized spacial score (nSPS) is 13.3. The Morgan fingerprint density at radius 3 is 2.44 bits per heavy atom. The van der Waals surface area contributed by atoms with E-state index in [0.717, 1.165) is 18.5 Å². The van der Waals surface area contributed by atoms with Crippen molar-refractivity contribution in [1.82, 2.24) is 14.9 Å². The number of anilines is 1. The third-order valence-corrected chi connectivity index (χ3v) is 4.57. The fourth-order valence-electron chi connectivity index (χ4n) is 3.06. The monoisotopic (exact) mass is 370 g/mol. The molecule has 2 heterocycles. The van der Waals surface area contributed by atoms with Crippen molar-refractivity contribution in [2.24, 2.45) is 5.92 Å². The molecule has 27 heavy (non-hydrogen) atoms. The second-order valence-electron chi connectivity index (χ2n) is 7.01. The van der Waals surface area contributed by atoms with Crippen LogP contribution in [0, 0.1) is 5.92 Å². The Bertz CT molecular complexity index is 806. The highest BCUT2D eigenvalue weighted by Gasteiger charge is 2.24. The van der Waals surface area contributed by atoms with E-state index in [-0.39, 0.29) is 5.91 Å². The first-order chi connectivity index (χ1) is 13.0. The van der Waals surface area contributed by atoms with Crippen LogP contribution in [0.2, 0.25) is 0 Å². The number of hydrogen-bond donors (Lipinski definition) is 1. The molecule has 1 aromatic heterocycles. The van der Waals surface area contributed by atoms with Gasteiger partial charge in [0.1, 0.15) is 11.5 Å². The lowest BCUT2D eigenvalue weighted by atomic mass is 9.98. The number of nitrogens with zero attached hydrogens (tertiary/aromatic N) is 3. The van der Waals surface area contributed by atoms with Crippen molar-refractivity contribution in [3.05, 3.63) is 41.3 Å². The quantitative estimate of drug-likeness (QED) is 0.843. The van der Waals surface area contributed by atoms with E-state index in [2.05, 4.69) is 29.1 Å². The molecule has 0 saturated carbocycles. The highest BCUT2D eigenvalue weighted by Crippen LogP contribution is 2.33. The Kier molecular flexibility index (Phi) is 5.78. The maximum absolute atomic E-state index is 12.8. The van der Waals surface area contributed by atoms with Crippen molar-refractivity contribution in [3.63, 3.8) is 0 Å². The molecule has 7 nitrogen and oxygen atoms in total. The van der Waals surface area contributed by atoms with Crippen LogP contribution in [-0.4, -0.2) is 48.1 Å². The summed E-state index contributed by atoms with van der Waals surface area (Å²) < 4.78 is 10.7. The number of benzene rings is 1. The van der Waals surface area contributed by atoms with Crippen molar-refractivity contribution >= 4 is 11.7 Å². The summed E-state index contributed by atoms with van der Waals surface area (Å²) in [5, 5.41) is 3.20. The van der Waals surface area contributed by atoms with Crippen LogP contribution < -0.4 is 14.8 Å². The predicted molar refractivity (Wildman–Crippen MR) is 103 cm³/mol. The number of hydrogen-bond acceptors (Lipinski definition) is 6. The Morgan fingerprint density at radius 2 is 1.85 bits per heavy atom. The molecule has 0 atom stereocenters. The SMILES string of the molecule is COc1cc2c(cc1OC)CN(C(=O)c1cnc(NCC(C)C)cn1)CC2. The molecule has 7 heteroatoms. The van der Waals surface area contributed by atoms with Crippen molar-refractivity contribution in [2.45, 2.75) is 26.8 Å². The molecule has 0 spiro atoms. The van der Waals surface area contributed by atoms with Crippen molar-refractivity contribution < 1.29 is 14.3 Å². The Balaban J connectivity index is 1.72. The van der Waals surface area contributed by atoms with Crippen molar-refractivity contribution in [2.75, 3.05) is 32.6 Å². The summed E-state index contributed by atoms with van der Waals surface area (Å²) in [6.45, 7) is 6.21. The summed E-state index contributed by atoms with van der Waals surface area (Å²) >= 11 is 0. The van der Waals surface area contributed by atoms with Crippen LogP contribution >= 0.6 is 0 Å². The second-order valence-corrected chi connectivity index (χ2v) is 7.01. The molecule has 0 bridgehead atoms. The number of carbonyl (C=O) groups is 1. The third kappa shape index (κ3) is 4.30. The number of carbonyl (C=O) groups excluding carboxylic acids is 1. The first kappa shape index (κ1) is 18.9. The molecular weight excluding hydrogens is 344 g/mol. The molecule has 1 aliphatic rings. The van der Waals surface area contributed by atoms with Gasteiger partial charge in [0.15, 0.2) is 11.5 Å². The van der Waals surface area contributed by atoms with E-state index >= 15 is 0 Å². The summed E-state index contributed by atoms with van der Waals surface area (Å²) in [7, 11) is 3.24. The molecule has 0 fully saturated rings. The van der Waals surface area contributed by atoms with Crippen LogP contribution in [0.5, 0.6) is 11.5 Å². The standard InChI is InChI=1S/C20H26N4O3/c1-13(2)9-22-19-11-21-16(10-23-19)20(25)24-6-5-14-7-17(26-3)18(27-4)8-15(14)12-24/h7-8,10-11,13H,5-6,9,12H2,1-4H3,(H,22,23). The molecular formula is C20H26N4O3. The molecule has 144 valence electrons. The molecule has 0 aliphatic carbocycles. The highest BCUT2D eigenvalue weighted by molar-refractivity contribution is 5.92. The Labute approximate surface area is 159 Å². The van der Waals surface area contributed by atoms with E-state index in [4.69, 9.17) is 9.47 Å². The number of aromatic nitrogens is 2.